The molecule has 3 aromatic carbocycles. The lowest BCUT2D eigenvalue weighted by Crippen LogP contribution is -1.86. The minimum absolute atomic E-state index is 0.872. The van der Waals surface area contributed by atoms with E-state index in [-0.39, 0.29) is 0 Å². The summed E-state index contributed by atoms with van der Waals surface area (Å²) in [6.07, 6.45) is 6.36. The van der Waals surface area contributed by atoms with Crippen LogP contribution in [0.4, 0.5) is 0 Å². The van der Waals surface area contributed by atoms with Crippen LogP contribution >= 0.6 is 0 Å². The second-order valence-corrected chi connectivity index (χ2v) is 5.44. The molecule has 24 heavy (non-hydrogen) atoms. The van der Waals surface area contributed by atoms with Crippen LogP contribution in [0.25, 0.3) is 11.6 Å². The van der Waals surface area contributed by atoms with Crippen molar-refractivity contribution in [2.24, 2.45) is 0 Å². The largest absolute Gasteiger partial charge is 0.497 e. The second-order valence-electron chi connectivity index (χ2n) is 5.44. The van der Waals surface area contributed by atoms with Crippen LogP contribution in [0, 0.1) is 0 Å². The highest BCUT2D eigenvalue weighted by Gasteiger charge is 2.02. The summed E-state index contributed by atoms with van der Waals surface area (Å²) < 4.78 is 5.19. The summed E-state index contributed by atoms with van der Waals surface area (Å²) in [4.78, 5) is 0. The van der Waals surface area contributed by atoms with Crippen LogP contribution < -0.4 is 4.74 Å². The predicted octanol–water partition coefficient (Wildman–Crippen LogP) is 5.84. The van der Waals surface area contributed by atoms with Crippen LogP contribution in [0.3, 0.4) is 0 Å². The van der Waals surface area contributed by atoms with Gasteiger partial charge in [0.05, 0.1) is 7.11 Å². The maximum absolute atomic E-state index is 5.19. The summed E-state index contributed by atoms with van der Waals surface area (Å²) in [6, 6.07) is 29.0. The third-order valence-corrected chi connectivity index (χ3v) is 3.84. The number of benzene rings is 3. The highest BCUT2D eigenvalue weighted by Crippen LogP contribution is 2.23. The lowest BCUT2D eigenvalue weighted by molar-refractivity contribution is 0.415. The van der Waals surface area contributed by atoms with E-state index in [9.17, 15) is 0 Å². The molecule has 0 saturated carbocycles. The van der Waals surface area contributed by atoms with Crippen molar-refractivity contribution < 1.29 is 4.74 Å². The molecule has 0 saturated heterocycles. The van der Waals surface area contributed by atoms with E-state index in [1.165, 1.54) is 16.7 Å². The van der Waals surface area contributed by atoms with Crippen LogP contribution in [0.15, 0.2) is 97.1 Å². The molecule has 3 aromatic rings. The number of allylic oxidation sites excluding steroid dienone is 2. The van der Waals surface area contributed by atoms with E-state index in [2.05, 4.69) is 66.8 Å². The molecule has 0 radical (unpaired) electrons. The molecule has 0 bridgehead atoms. The minimum atomic E-state index is 0.872. The van der Waals surface area contributed by atoms with E-state index < -0.39 is 0 Å². The van der Waals surface area contributed by atoms with Crippen LogP contribution in [0.1, 0.15) is 16.7 Å². The van der Waals surface area contributed by atoms with Gasteiger partial charge < -0.3 is 4.74 Å². The Morgan fingerprint density at radius 3 is 1.75 bits per heavy atom. The zero-order valence-corrected chi connectivity index (χ0v) is 13.7. The Balaban J connectivity index is 1.90. The average Bonchev–Trinajstić information content (AvgIpc) is 2.67. The Labute approximate surface area is 143 Å². The van der Waals surface area contributed by atoms with Crippen molar-refractivity contribution in [2.45, 2.75) is 0 Å². The Morgan fingerprint density at radius 2 is 1.25 bits per heavy atom. The molecule has 0 heterocycles. The predicted molar refractivity (Wildman–Crippen MR) is 102 cm³/mol. The molecule has 118 valence electrons. The van der Waals surface area contributed by atoms with Gasteiger partial charge in [0.25, 0.3) is 0 Å². The van der Waals surface area contributed by atoms with Crippen molar-refractivity contribution in [1.82, 2.24) is 0 Å². The second kappa shape index (κ2) is 7.98. The van der Waals surface area contributed by atoms with Crippen molar-refractivity contribution in [3.63, 3.8) is 0 Å². The highest BCUT2D eigenvalue weighted by molar-refractivity contribution is 5.81. The van der Waals surface area contributed by atoms with E-state index in [0.717, 1.165) is 11.3 Å². The summed E-state index contributed by atoms with van der Waals surface area (Å²) in [5, 5.41) is 0. The van der Waals surface area contributed by atoms with Crippen LogP contribution in [0.2, 0.25) is 0 Å². The molecule has 0 aliphatic carbocycles. The maximum atomic E-state index is 5.19. The first kappa shape index (κ1) is 15.8. The monoisotopic (exact) mass is 312 g/mol. The molecule has 0 aliphatic heterocycles. The summed E-state index contributed by atoms with van der Waals surface area (Å²) >= 11 is 0. The van der Waals surface area contributed by atoms with Crippen LogP contribution in [-0.2, 0) is 0 Å². The van der Waals surface area contributed by atoms with Gasteiger partial charge in [-0.05, 0) is 34.4 Å². The molecule has 1 heteroatoms. The van der Waals surface area contributed by atoms with Gasteiger partial charge in [-0.2, -0.15) is 0 Å². The van der Waals surface area contributed by atoms with E-state index in [0.29, 0.717) is 0 Å². The number of rotatable bonds is 5. The summed E-state index contributed by atoms with van der Waals surface area (Å²) in [7, 11) is 1.68. The highest BCUT2D eigenvalue weighted by atomic mass is 16.5. The molecule has 0 atom stereocenters. The van der Waals surface area contributed by atoms with Gasteiger partial charge in [0.2, 0.25) is 0 Å². The standard InChI is InChI=1S/C23H20O/c1-24-22-17-15-19(16-18-22)9-8-14-23(20-10-4-2-5-11-20)21-12-6-3-7-13-21/h2-18H,1H3/b9-8+. The van der Waals surface area contributed by atoms with Crippen LogP contribution in [0.5, 0.6) is 5.75 Å². The molecular formula is C23H20O. The van der Waals surface area contributed by atoms with Gasteiger partial charge in [0.15, 0.2) is 0 Å². The van der Waals surface area contributed by atoms with Gasteiger partial charge in [-0.25, -0.2) is 0 Å². The molecular weight excluding hydrogens is 292 g/mol. The zero-order valence-electron chi connectivity index (χ0n) is 13.7. The van der Waals surface area contributed by atoms with Gasteiger partial charge >= 0.3 is 0 Å². The fourth-order valence-electron chi connectivity index (χ4n) is 2.57. The molecule has 0 aliphatic rings. The third-order valence-electron chi connectivity index (χ3n) is 3.84. The first-order valence-corrected chi connectivity index (χ1v) is 8.00. The van der Waals surface area contributed by atoms with Gasteiger partial charge in [0.1, 0.15) is 5.75 Å². The van der Waals surface area contributed by atoms with E-state index in [4.69, 9.17) is 4.74 Å². The molecule has 0 amide bonds. The zero-order chi connectivity index (χ0) is 16.6. The Bertz CT molecular complexity index is 771. The average molecular weight is 312 g/mol. The van der Waals surface area contributed by atoms with E-state index in [1.54, 1.807) is 7.11 Å². The molecule has 0 aromatic heterocycles. The van der Waals surface area contributed by atoms with Gasteiger partial charge in [-0.3, -0.25) is 0 Å². The number of ether oxygens (including phenoxy) is 1. The lowest BCUT2D eigenvalue weighted by atomic mass is 9.97. The third kappa shape index (κ3) is 4.02. The van der Waals surface area contributed by atoms with Crippen molar-refractivity contribution >= 4 is 11.6 Å². The quantitative estimate of drug-likeness (QED) is 0.538. The summed E-state index contributed by atoms with van der Waals surface area (Å²) in [5.74, 6) is 0.872. The van der Waals surface area contributed by atoms with Crippen molar-refractivity contribution in [2.75, 3.05) is 7.11 Å². The lowest BCUT2D eigenvalue weighted by Gasteiger charge is -2.07. The first-order valence-electron chi connectivity index (χ1n) is 8.00. The molecule has 0 N–H and O–H groups in total. The Morgan fingerprint density at radius 1 is 0.708 bits per heavy atom. The number of hydrogen-bond donors (Lipinski definition) is 0. The van der Waals surface area contributed by atoms with Gasteiger partial charge in [-0.1, -0.05) is 91.0 Å². The molecule has 0 fully saturated rings. The normalized spacial score (nSPS) is 10.5. The van der Waals surface area contributed by atoms with Crippen molar-refractivity contribution in [3.8, 4) is 5.75 Å². The number of methoxy groups -OCH3 is 1. The molecule has 3 rings (SSSR count). The SMILES string of the molecule is COc1ccc(/C=C/C=C(c2ccccc2)c2ccccc2)cc1. The molecule has 0 spiro atoms. The van der Waals surface area contributed by atoms with E-state index in [1.807, 2.05) is 36.4 Å². The number of hydrogen-bond acceptors (Lipinski definition) is 1. The van der Waals surface area contributed by atoms with Crippen molar-refractivity contribution in [1.29, 1.82) is 0 Å². The fraction of sp³-hybridized carbons (Fsp3) is 0.0435. The Hall–Kier alpha value is -3.06. The minimum Gasteiger partial charge on any atom is -0.497 e. The topological polar surface area (TPSA) is 9.23 Å². The molecule has 0 unspecified atom stereocenters. The van der Waals surface area contributed by atoms with Gasteiger partial charge in [-0.15, -0.1) is 0 Å². The van der Waals surface area contributed by atoms with Crippen LogP contribution in [-0.4, -0.2) is 7.11 Å². The summed E-state index contributed by atoms with van der Waals surface area (Å²) in [5.41, 5.74) is 4.78. The van der Waals surface area contributed by atoms with E-state index >= 15 is 0 Å². The summed E-state index contributed by atoms with van der Waals surface area (Å²) in [6.45, 7) is 0. The molecule has 1 nitrogen and oxygen atoms in total. The maximum Gasteiger partial charge on any atom is 0.118 e. The fourth-order valence-corrected chi connectivity index (χ4v) is 2.57. The van der Waals surface area contributed by atoms with Gasteiger partial charge in [0, 0.05) is 0 Å². The smallest absolute Gasteiger partial charge is 0.118 e. The Kier molecular flexibility index (Phi) is 5.26. The van der Waals surface area contributed by atoms with Crippen molar-refractivity contribution in [3.05, 3.63) is 114 Å². The first-order chi connectivity index (χ1) is 11.9.